The van der Waals surface area contributed by atoms with Gasteiger partial charge < -0.3 is 19.9 Å². The third kappa shape index (κ3) is 5.45. The van der Waals surface area contributed by atoms with E-state index in [-0.39, 0.29) is 0 Å². The van der Waals surface area contributed by atoms with Crippen molar-refractivity contribution < 1.29 is 8.83 Å². The number of rotatable bonds is 7. The summed E-state index contributed by atoms with van der Waals surface area (Å²) in [4.78, 5) is 5.23. The topological polar surface area (TPSA) is 74.5 Å². The summed E-state index contributed by atoms with van der Waals surface area (Å²) < 4.78 is 12.5. The second-order valence-corrected chi connectivity index (χ2v) is 15.5. The highest BCUT2D eigenvalue weighted by Gasteiger charge is 2.21. The largest absolute Gasteiger partial charge is 0.658 e. The molecule has 0 spiro atoms. The molecule has 0 aliphatic heterocycles. The molecule has 0 bridgehead atoms. The first-order valence-electron chi connectivity index (χ1n) is 20.3. The molecule has 60 heavy (non-hydrogen) atoms. The Hall–Kier alpha value is -7.57. The first-order valence-corrected chi connectivity index (χ1v) is 20.3. The van der Waals surface area contributed by atoms with Crippen LogP contribution in [0, 0.1) is 0 Å². The lowest BCUT2D eigenvalue weighted by Gasteiger charge is -2.28. The van der Waals surface area contributed by atoms with Crippen molar-refractivity contribution in [1.29, 1.82) is 0 Å². The van der Waals surface area contributed by atoms with E-state index in [9.17, 15) is 5.73 Å². The number of hydrogen-bond donors (Lipinski definition) is 1. The average Bonchev–Trinajstić information content (AvgIpc) is 3.89. The van der Waals surface area contributed by atoms with E-state index in [0.717, 1.165) is 66.1 Å². The molecule has 284 valence electrons. The summed E-state index contributed by atoms with van der Waals surface area (Å²) in [6.07, 6.45) is 0.529. The van der Waals surface area contributed by atoms with Gasteiger partial charge in [-0.25, -0.2) is 0 Å². The molecule has 5 heteroatoms. The Balaban J connectivity index is 0.965. The van der Waals surface area contributed by atoms with Crippen molar-refractivity contribution in [2.45, 2.75) is 12.3 Å². The number of furan rings is 2. The maximum Gasteiger partial charge on any atom is 0.135 e. The van der Waals surface area contributed by atoms with Crippen LogP contribution in [0.15, 0.2) is 202 Å². The molecule has 10 aromatic carbocycles. The summed E-state index contributed by atoms with van der Waals surface area (Å²) in [5.41, 5.74) is 17.8. The molecule has 2 heterocycles. The summed E-state index contributed by atoms with van der Waals surface area (Å²) in [5.74, 6) is 0. The Morgan fingerprint density at radius 2 is 0.883 bits per heavy atom. The van der Waals surface area contributed by atoms with Crippen molar-refractivity contribution in [3.63, 3.8) is 0 Å². The lowest BCUT2D eigenvalue weighted by Crippen LogP contribution is -2.23. The molecule has 2 unspecified atom stereocenters. The number of para-hydroxylation sites is 2. The molecule has 0 saturated heterocycles. The molecule has 0 aliphatic rings. The fourth-order valence-corrected chi connectivity index (χ4v) is 9.45. The SMILES string of the molecule is [NH-]C(NC(/N=C/c1ccc(-c2cc3c4ccccc4c4ccccc4c3c3ccccc23)cc1)c1cccc2oc3ccccc3c12)c1cccc2oc3ccccc3c12. The van der Waals surface area contributed by atoms with E-state index in [2.05, 4.69) is 127 Å². The monoisotopic (exact) mass is 770 g/mol. The summed E-state index contributed by atoms with van der Waals surface area (Å²) in [6, 6.07) is 65.5. The standard InChI is InChI=1S/C55H36N3O2/c56-54(43-21-11-25-49-52(43)41-19-7-9-23-47(41)59-49)58-55(44-22-12-26-50-53(44)42-20-8-10-24-48(42)60-50)57-32-33-27-29-34(30-28-33)45-31-46-37-15-2-1-13-35(37)36-14-3-5-17-39(36)51(46)40-18-6-4-16-38(40)45/h1-32,54-56,58H/q-1/b57-32+. The molecule has 0 radical (unpaired) electrons. The van der Waals surface area contributed by atoms with E-state index in [4.69, 9.17) is 13.8 Å². The van der Waals surface area contributed by atoms with E-state index in [1.807, 2.05) is 72.9 Å². The van der Waals surface area contributed by atoms with Crippen LogP contribution in [0.5, 0.6) is 0 Å². The Morgan fingerprint density at radius 3 is 1.52 bits per heavy atom. The van der Waals surface area contributed by atoms with E-state index >= 15 is 0 Å². The van der Waals surface area contributed by atoms with E-state index in [0.29, 0.717) is 0 Å². The Bertz CT molecular complexity index is 3670. The molecule has 12 rings (SSSR count). The summed E-state index contributed by atoms with van der Waals surface area (Å²) in [6.45, 7) is 0. The van der Waals surface area contributed by atoms with E-state index in [1.165, 1.54) is 48.7 Å². The lowest BCUT2D eigenvalue weighted by atomic mass is 9.87. The molecular formula is C55H36N3O2-. The minimum Gasteiger partial charge on any atom is -0.658 e. The zero-order valence-corrected chi connectivity index (χ0v) is 32.4. The minimum absolute atomic E-state index is 0.571. The Labute approximate surface area is 345 Å². The molecule has 12 aromatic rings. The predicted octanol–water partition coefficient (Wildman–Crippen LogP) is 15.2. The third-order valence-electron chi connectivity index (χ3n) is 12.1. The molecule has 0 saturated carbocycles. The average molecular weight is 771 g/mol. The molecular weight excluding hydrogens is 735 g/mol. The smallest absolute Gasteiger partial charge is 0.135 e. The molecule has 0 amide bonds. The number of aliphatic imine (C=N–C) groups is 1. The van der Waals surface area contributed by atoms with Crippen LogP contribution in [0.2, 0.25) is 0 Å². The first-order chi connectivity index (χ1) is 29.7. The van der Waals surface area contributed by atoms with Crippen molar-refractivity contribution in [2.24, 2.45) is 4.99 Å². The van der Waals surface area contributed by atoms with Gasteiger partial charge in [0.1, 0.15) is 28.5 Å². The van der Waals surface area contributed by atoms with E-state index in [1.54, 1.807) is 0 Å². The molecule has 0 fully saturated rings. The van der Waals surface area contributed by atoms with Crippen molar-refractivity contribution in [3.05, 3.63) is 210 Å². The van der Waals surface area contributed by atoms with Gasteiger partial charge >= 0.3 is 0 Å². The number of nitrogens with zero attached hydrogens (tertiary/aromatic N) is 1. The quantitative estimate of drug-likeness (QED) is 0.130. The predicted molar refractivity (Wildman–Crippen MR) is 250 cm³/mol. The van der Waals surface area contributed by atoms with Gasteiger partial charge in [-0.3, -0.25) is 4.99 Å². The van der Waals surface area contributed by atoms with Crippen molar-refractivity contribution in [1.82, 2.24) is 5.32 Å². The summed E-state index contributed by atoms with van der Waals surface area (Å²) in [5, 5.41) is 17.6. The van der Waals surface area contributed by atoms with Gasteiger partial charge in [-0.05, 0) is 95.7 Å². The maximum absolute atomic E-state index is 9.60. The maximum atomic E-state index is 9.60. The first kappa shape index (κ1) is 34.5. The number of benzene rings is 10. The second-order valence-electron chi connectivity index (χ2n) is 15.5. The van der Waals surface area contributed by atoms with Crippen LogP contribution in [-0.2, 0) is 0 Å². The minimum atomic E-state index is -0.818. The fourth-order valence-electron chi connectivity index (χ4n) is 9.45. The van der Waals surface area contributed by atoms with Gasteiger partial charge in [-0.1, -0.05) is 164 Å². The molecule has 2 N–H and O–H groups in total. The van der Waals surface area contributed by atoms with Crippen molar-refractivity contribution in [2.75, 3.05) is 0 Å². The van der Waals surface area contributed by atoms with Gasteiger partial charge in [0.05, 0.1) is 0 Å². The van der Waals surface area contributed by atoms with Crippen LogP contribution < -0.4 is 5.32 Å². The van der Waals surface area contributed by atoms with Crippen LogP contribution in [0.1, 0.15) is 29.0 Å². The van der Waals surface area contributed by atoms with Crippen LogP contribution in [0.4, 0.5) is 0 Å². The van der Waals surface area contributed by atoms with Crippen LogP contribution in [0.3, 0.4) is 0 Å². The zero-order chi connectivity index (χ0) is 39.7. The van der Waals surface area contributed by atoms with Gasteiger partial charge in [-0.2, -0.15) is 0 Å². The zero-order valence-electron chi connectivity index (χ0n) is 32.4. The lowest BCUT2D eigenvalue weighted by molar-refractivity contribution is 0.517. The Morgan fingerprint density at radius 1 is 0.417 bits per heavy atom. The fraction of sp³-hybridized carbons (Fsp3) is 0.0364. The van der Waals surface area contributed by atoms with Gasteiger partial charge in [0.25, 0.3) is 0 Å². The highest BCUT2D eigenvalue weighted by molar-refractivity contribution is 6.33. The number of fused-ring (bicyclic) bond motifs is 14. The van der Waals surface area contributed by atoms with Gasteiger partial charge in [0, 0.05) is 33.3 Å². The van der Waals surface area contributed by atoms with Crippen LogP contribution >= 0.6 is 0 Å². The third-order valence-corrected chi connectivity index (χ3v) is 12.1. The molecule has 5 nitrogen and oxygen atoms in total. The van der Waals surface area contributed by atoms with E-state index < -0.39 is 12.3 Å². The highest BCUT2D eigenvalue weighted by atomic mass is 16.3. The highest BCUT2D eigenvalue weighted by Crippen LogP contribution is 2.43. The van der Waals surface area contributed by atoms with Crippen LogP contribution in [-0.4, -0.2) is 6.21 Å². The van der Waals surface area contributed by atoms with Crippen molar-refractivity contribution >= 4 is 93.2 Å². The van der Waals surface area contributed by atoms with Gasteiger partial charge in [0.15, 0.2) is 0 Å². The molecule has 2 atom stereocenters. The van der Waals surface area contributed by atoms with Crippen LogP contribution in [0.25, 0.3) is 104 Å². The normalized spacial score (nSPS) is 13.3. The summed E-state index contributed by atoms with van der Waals surface area (Å²) in [7, 11) is 0. The molecule has 0 aliphatic carbocycles. The summed E-state index contributed by atoms with van der Waals surface area (Å²) >= 11 is 0. The Kier molecular flexibility index (Phi) is 7.92. The number of hydrogen-bond acceptors (Lipinski definition) is 4. The van der Waals surface area contributed by atoms with Gasteiger partial charge in [-0.15, -0.1) is 0 Å². The van der Waals surface area contributed by atoms with Gasteiger partial charge in [0.2, 0.25) is 0 Å². The second kappa shape index (κ2) is 13.8. The number of nitrogens with one attached hydrogen (secondary N) is 2. The van der Waals surface area contributed by atoms with Crippen molar-refractivity contribution in [3.8, 4) is 11.1 Å². The molecule has 2 aromatic heterocycles.